The van der Waals surface area contributed by atoms with E-state index in [1.165, 1.54) is 141 Å². The predicted molar refractivity (Wildman–Crippen MR) is 238 cm³/mol. The van der Waals surface area contributed by atoms with E-state index in [-0.39, 0.29) is 36.2 Å². The molecule has 0 amide bonds. The molecule has 0 aliphatic rings. The van der Waals surface area contributed by atoms with Gasteiger partial charge < -0.3 is 23.8 Å². The molecule has 0 radical (unpaired) electrons. The molecule has 8 nitrogen and oxygen atoms in total. The van der Waals surface area contributed by atoms with Crippen LogP contribution >= 0.6 is 0 Å². The number of quaternary nitrogens is 1. The van der Waals surface area contributed by atoms with E-state index in [1.807, 2.05) is 21.1 Å². The van der Waals surface area contributed by atoms with Gasteiger partial charge in [0.15, 0.2) is 12.1 Å². The van der Waals surface area contributed by atoms with Gasteiger partial charge in [0.2, 0.25) is 0 Å². The Morgan fingerprint density at radius 1 is 0.526 bits per heavy atom. The minimum Gasteiger partial charge on any atom is -0.477 e. The van der Waals surface area contributed by atoms with E-state index in [4.69, 9.17) is 14.2 Å². The molecule has 0 aromatic carbocycles. The summed E-state index contributed by atoms with van der Waals surface area (Å²) < 4.78 is 17.3. The lowest BCUT2D eigenvalue weighted by molar-refractivity contribution is -0.887. The smallest absolute Gasteiger partial charge is 0.362 e. The van der Waals surface area contributed by atoms with Crippen LogP contribution in [0.5, 0.6) is 0 Å². The molecule has 0 spiro atoms. The van der Waals surface area contributed by atoms with Crippen molar-refractivity contribution in [2.45, 2.75) is 231 Å². The van der Waals surface area contributed by atoms with Crippen molar-refractivity contribution in [3.05, 3.63) is 24.3 Å². The maximum atomic E-state index is 12.7. The number of hydrogen-bond acceptors (Lipinski definition) is 6. The number of ether oxygens (including phenoxy) is 3. The van der Waals surface area contributed by atoms with E-state index >= 15 is 0 Å². The number of carbonyl (C=O) groups excluding carboxylic acids is 2. The number of likely N-dealkylation sites (N-methyl/N-ethyl adjacent to an activating group) is 1. The molecule has 0 saturated heterocycles. The van der Waals surface area contributed by atoms with Crippen molar-refractivity contribution in [3.8, 4) is 0 Å². The van der Waals surface area contributed by atoms with Gasteiger partial charge in [0, 0.05) is 19.3 Å². The Labute approximate surface area is 351 Å². The van der Waals surface area contributed by atoms with E-state index in [1.54, 1.807) is 0 Å². The van der Waals surface area contributed by atoms with Crippen molar-refractivity contribution >= 4 is 17.9 Å². The first-order valence-electron chi connectivity index (χ1n) is 23.9. The van der Waals surface area contributed by atoms with Crippen molar-refractivity contribution in [2.24, 2.45) is 0 Å². The zero-order chi connectivity index (χ0) is 42.1. The van der Waals surface area contributed by atoms with Crippen LogP contribution in [0, 0.1) is 0 Å². The summed E-state index contributed by atoms with van der Waals surface area (Å²) in [6.07, 6.45) is 45.1. The second-order valence-corrected chi connectivity index (χ2v) is 17.4. The fourth-order valence-corrected chi connectivity index (χ4v) is 7.12. The van der Waals surface area contributed by atoms with Crippen LogP contribution in [0.2, 0.25) is 0 Å². The number of carboxylic acid groups (broad SMARTS) is 1. The summed E-state index contributed by atoms with van der Waals surface area (Å²) in [5.74, 6) is -1.46. The summed E-state index contributed by atoms with van der Waals surface area (Å²) in [5, 5.41) is 9.62. The second-order valence-electron chi connectivity index (χ2n) is 17.4. The lowest BCUT2D eigenvalue weighted by Crippen LogP contribution is -2.50. The molecule has 8 heteroatoms. The highest BCUT2D eigenvalue weighted by Gasteiger charge is 2.31. The molecule has 0 bridgehead atoms. The largest absolute Gasteiger partial charge is 0.477 e. The number of rotatable bonds is 43. The maximum Gasteiger partial charge on any atom is 0.362 e. The van der Waals surface area contributed by atoms with E-state index < -0.39 is 18.1 Å². The fraction of sp³-hybridized carbons (Fsp3) is 0.857. The van der Waals surface area contributed by atoms with Crippen LogP contribution in [0.4, 0.5) is 0 Å². The first-order valence-corrected chi connectivity index (χ1v) is 23.9. The SMILES string of the molecule is CCCCCCC/C=C\C/C=C\CCCCCCCCCCCCCC(=O)OC(COCCC(C(=O)O)[N+](C)(C)C)COC(=O)CCCCCCCCCCCC. The monoisotopic (exact) mass is 807 g/mol. The number of esters is 2. The normalized spacial score (nSPS) is 13.1. The van der Waals surface area contributed by atoms with E-state index in [0.717, 1.165) is 44.9 Å². The molecule has 0 aliphatic heterocycles. The lowest BCUT2D eigenvalue weighted by Gasteiger charge is -2.31. The molecule has 2 unspecified atom stereocenters. The number of allylic oxidation sites excluding steroid dienone is 4. The van der Waals surface area contributed by atoms with E-state index in [9.17, 15) is 19.5 Å². The standard InChI is InChI=1S/C49H91NO7/c1-6-8-10-12-14-16-18-19-20-21-22-23-24-25-26-27-28-29-30-32-34-36-38-40-48(52)57-45(43-55-42-41-46(49(53)54)50(3,4)5)44-56-47(51)39-37-35-33-31-17-15-13-11-9-7-2/h18-19,21-22,45-46H,6-17,20,23-44H2,1-5H3/p+1/b19-18-,22-21-. The number of carbonyl (C=O) groups is 3. The average Bonchev–Trinajstić information content (AvgIpc) is 3.17. The molecule has 57 heavy (non-hydrogen) atoms. The average molecular weight is 807 g/mol. The molecule has 0 saturated carbocycles. The Kier molecular flexibility index (Phi) is 39.0. The molecule has 334 valence electrons. The summed E-state index contributed by atoms with van der Waals surface area (Å²) in [4.78, 5) is 37.0. The Hall–Kier alpha value is -2.19. The molecule has 0 aromatic rings. The minimum atomic E-state index is -0.873. The third kappa shape index (κ3) is 39.1. The summed E-state index contributed by atoms with van der Waals surface area (Å²) in [7, 11) is 5.53. The van der Waals surface area contributed by atoms with Crippen LogP contribution in [-0.2, 0) is 28.6 Å². The highest BCUT2D eigenvalue weighted by molar-refractivity contribution is 5.72. The third-order valence-corrected chi connectivity index (χ3v) is 10.9. The third-order valence-electron chi connectivity index (χ3n) is 10.9. The van der Waals surface area contributed by atoms with Crippen molar-refractivity contribution in [1.29, 1.82) is 0 Å². The van der Waals surface area contributed by atoms with Gasteiger partial charge in [-0.1, -0.05) is 179 Å². The highest BCUT2D eigenvalue weighted by atomic mass is 16.6. The number of unbranched alkanes of at least 4 members (excludes halogenated alkanes) is 25. The Bertz CT molecular complexity index is 989. The molecule has 0 aromatic heterocycles. The summed E-state index contributed by atoms with van der Waals surface area (Å²) in [6.45, 7) is 4.73. The van der Waals surface area contributed by atoms with Crippen LogP contribution in [0.25, 0.3) is 0 Å². The molecule has 0 fully saturated rings. The van der Waals surface area contributed by atoms with Gasteiger partial charge in [-0.2, -0.15) is 0 Å². The summed E-state index contributed by atoms with van der Waals surface area (Å²) in [6, 6.07) is -0.611. The van der Waals surface area contributed by atoms with Crippen molar-refractivity contribution < 1.29 is 38.2 Å². The number of aliphatic carboxylic acids is 1. The van der Waals surface area contributed by atoms with Gasteiger partial charge in [0.1, 0.15) is 6.61 Å². The topological polar surface area (TPSA) is 99.1 Å². The van der Waals surface area contributed by atoms with Crippen molar-refractivity contribution in [1.82, 2.24) is 0 Å². The second kappa shape index (κ2) is 40.6. The molecule has 2 atom stereocenters. The summed E-state index contributed by atoms with van der Waals surface area (Å²) >= 11 is 0. The first-order chi connectivity index (χ1) is 27.6. The van der Waals surface area contributed by atoms with Gasteiger partial charge in [-0.25, -0.2) is 4.79 Å². The first kappa shape index (κ1) is 54.8. The van der Waals surface area contributed by atoms with Gasteiger partial charge in [-0.15, -0.1) is 0 Å². The quantitative estimate of drug-likeness (QED) is 0.0283. The number of hydrogen-bond donors (Lipinski definition) is 1. The van der Waals surface area contributed by atoms with E-state index in [2.05, 4.69) is 38.2 Å². The Morgan fingerprint density at radius 2 is 0.930 bits per heavy atom. The number of nitrogens with zero attached hydrogens (tertiary/aromatic N) is 1. The summed E-state index contributed by atoms with van der Waals surface area (Å²) in [5.41, 5.74) is 0. The number of carboxylic acids is 1. The predicted octanol–water partition coefficient (Wildman–Crippen LogP) is 13.3. The molecule has 0 rings (SSSR count). The Morgan fingerprint density at radius 3 is 1.35 bits per heavy atom. The fourth-order valence-electron chi connectivity index (χ4n) is 7.12. The minimum absolute atomic E-state index is 0.0473. The van der Waals surface area contributed by atoms with Crippen molar-refractivity contribution in [3.63, 3.8) is 0 Å². The van der Waals surface area contributed by atoms with Gasteiger partial charge in [-0.05, 0) is 44.9 Å². The van der Waals surface area contributed by atoms with Gasteiger partial charge in [0.05, 0.1) is 34.4 Å². The van der Waals surface area contributed by atoms with Gasteiger partial charge in [-0.3, -0.25) is 9.59 Å². The molecular formula is C49H92NO7+. The van der Waals surface area contributed by atoms with Crippen LogP contribution < -0.4 is 0 Å². The molecular weight excluding hydrogens is 715 g/mol. The zero-order valence-electron chi connectivity index (χ0n) is 38.1. The highest BCUT2D eigenvalue weighted by Crippen LogP contribution is 2.15. The maximum absolute atomic E-state index is 12.7. The molecule has 0 heterocycles. The molecule has 1 N–H and O–H groups in total. The van der Waals surface area contributed by atoms with Crippen LogP contribution in [0.3, 0.4) is 0 Å². The van der Waals surface area contributed by atoms with Gasteiger partial charge in [0.25, 0.3) is 0 Å². The molecule has 0 aliphatic carbocycles. The zero-order valence-corrected chi connectivity index (χ0v) is 38.1. The van der Waals surface area contributed by atoms with Crippen LogP contribution in [0.1, 0.15) is 219 Å². The van der Waals surface area contributed by atoms with E-state index in [0.29, 0.717) is 19.3 Å². The van der Waals surface area contributed by atoms with Gasteiger partial charge >= 0.3 is 17.9 Å². The van der Waals surface area contributed by atoms with Crippen molar-refractivity contribution in [2.75, 3.05) is 41.0 Å². The van der Waals surface area contributed by atoms with Crippen LogP contribution in [-0.4, -0.2) is 80.6 Å². The van der Waals surface area contributed by atoms with Crippen LogP contribution in [0.15, 0.2) is 24.3 Å². The lowest BCUT2D eigenvalue weighted by atomic mass is 10.0. The Balaban J connectivity index is 4.18.